The molecule has 0 atom stereocenters. The van der Waals surface area contributed by atoms with Gasteiger partial charge in [-0.25, -0.2) is 0 Å². The van der Waals surface area contributed by atoms with Gasteiger partial charge in [0, 0.05) is 21.9 Å². The van der Waals surface area contributed by atoms with Gasteiger partial charge in [0.05, 0.1) is 0 Å². The molecule has 8 radical (unpaired) electrons. The Labute approximate surface area is 54.3 Å². The zero-order chi connectivity index (χ0) is 0. The van der Waals surface area contributed by atoms with Crippen molar-refractivity contribution in [3.8, 4) is 0 Å². The Balaban J connectivity index is 0. The summed E-state index contributed by atoms with van der Waals surface area (Å²) in [4.78, 5) is 0. The molecule has 0 aromatic carbocycles. The summed E-state index contributed by atoms with van der Waals surface area (Å²) >= 11 is 0. The molecule has 0 spiro atoms. The van der Waals surface area contributed by atoms with Gasteiger partial charge in [0.15, 0.2) is 0 Å². The van der Waals surface area contributed by atoms with Crippen molar-refractivity contribution in [3.05, 3.63) is 0 Å². The predicted octanol–water partition coefficient (Wildman–Crippen LogP) is -1.00. The minimum atomic E-state index is 0. The first kappa shape index (κ1) is 141. The van der Waals surface area contributed by atoms with Crippen molar-refractivity contribution in [1.29, 1.82) is 0 Å². The maximum absolute atomic E-state index is 0. The van der Waals surface area contributed by atoms with E-state index in [1.807, 2.05) is 0 Å². The molecule has 0 aliphatic carbocycles. The van der Waals surface area contributed by atoms with Crippen LogP contribution in [0.1, 0.15) is 0 Å². The standard InChI is InChI=1S/2O.Pt.2Si/q2*-2;+4;;. The molecular formula is O2PtSi2. The first-order chi connectivity index (χ1) is 0. The van der Waals surface area contributed by atoms with Crippen molar-refractivity contribution in [3.63, 3.8) is 0 Å². The molecule has 0 fully saturated rings. The maximum Gasteiger partial charge on any atom is 4.00 e. The molecule has 30 valence electrons. The van der Waals surface area contributed by atoms with Crippen molar-refractivity contribution in [2.75, 3.05) is 0 Å². The van der Waals surface area contributed by atoms with Gasteiger partial charge in [-0.2, -0.15) is 0 Å². The van der Waals surface area contributed by atoms with E-state index < -0.39 is 0 Å². The second-order valence-electron chi connectivity index (χ2n) is 0. The van der Waals surface area contributed by atoms with Gasteiger partial charge in [0.2, 0.25) is 0 Å². The molecule has 5 heteroatoms. The van der Waals surface area contributed by atoms with E-state index in [1.165, 1.54) is 0 Å². The summed E-state index contributed by atoms with van der Waals surface area (Å²) in [5.41, 5.74) is 0. The Kier molecular flexibility index (Phi) is 2150. The van der Waals surface area contributed by atoms with Gasteiger partial charge in [0.25, 0.3) is 0 Å². The minimum Gasteiger partial charge on any atom is -2.00 e. The minimum absolute atomic E-state index is 0. The van der Waals surface area contributed by atoms with E-state index in [4.69, 9.17) is 0 Å². The summed E-state index contributed by atoms with van der Waals surface area (Å²) in [6.45, 7) is 0. The number of hydrogen-bond acceptors (Lipinski definition) is 0. The van der Waals surface area contributed by atoms with E-state index in [-0.39, 0.29) is 53.9 Å². The van der Waals surface area contributed by atoms with E-state index in [0.717, 1.165) is 0 Å². The molecule has 0 unspecified atom stereocenters. The quantitative estimate of drug-likeness (QED) is 0.512. The normalized spacial score (nSPS) is 0. The summed E-state index contributed by atoms with van der Waals surface area (Å²) in [7, 11) is 0. The molecule has 0 aliphatic heterocycles. The molecule has 0 aliphatic rings. The Morgan fingerprint density at radius 2 is 0.600 bits per heavy atom. The predicted molar refractivity (Wildman–Crippen MR) is 12.9 cm³/mol. The van der Waals surface area contributed by atoms with Crippen molar-refractivity contribution < 1.29 is 32.0 Å². The third-order valence-corrected chi connectivity index (χ3v) is 0. The molecule has 0 amide bonds. The second-order valence-corrected chi connectivity index (χ2v) is 0. The van der Waals surface area contributed by atoms with Gasteiger partial charge in [-0.1, -0.05) is 0 Å². The molecule has 0 heterocycles. The summed E-state index contributed by atoms with van der Waals surface area (Å²) < 4.78 is 0. The fourth-order valence-electron chi connectivity index (χ4n) is 0. The third-order valence-electron chi connectivity index (χ3n) is 0. The van der Waals surface area contributed by atoms with Gasteiger partial charge in [-0.3, -0.25) is 0 Å². The largest absolute Gasteiger partial charge is 4.00 e. The van der Waals surface area contributed by atoms with Gasteiger partial charge in [-0.15, -0.1) is 0 Å². The molecule has 2 nitrogen and oxygen atoms in total. The van der Waals surface area contributed by atoms with Crippen LogP contribution in [-0.2, 0) is 32.0 Å². The molecule has 0 bridgehead atoms. The van der Waals surface area contributed by atoms with Crippen LogP contribution in [0, 0.1) is 0 Å². The topological polar surface area (TPSA) is 57.0 Å². The molecule has 0 N–H and O–H groups in total. The van der Waals surface area contributed by atoms with Crippen molar-refractivity contribution in [1.82, 2.24) is 0 Å². The average Bonchev–Trinajstić information content (AvgIpc) is 0. The molecule has 0 saturated carbocycles. The first-order valence-electron chi connectivity index (χ1n) is 0. The number of rotatable bonds is 0. The Hall–Kier alpha value is 1.04. The molecule has 0 aromatic heterocycles. The molecule has 0 saturated heterocycles. The zero-order valence-corrected chi connectivity index (χ0v) is 6.40. The van der Waals surface area contributed by atoms with Crippen LogP contribution in [0.3, 0.4) is 0 Å². The molecular weight excluding hydrogens is 283 g/mol. The van der Waals surface area contributed by atoms with Gasteiger partial charge in [-0.05, 0) is 0 Å². The Morgan fingerprint density at radius 1 is 0.600 bits per heavy atom. The van der Waals surface area contributed by atoms with E-state index >= 15 is 0 Å². The van der Waals surface area contributed by atoms with Gasteiger partial charge in [0.1, 0.15) is 0 Å². The smallest absolute Gasteiger partial charge is 2.00 e. The van der Waals surface area contributed by atoms with E-state index in [1.54, 1.807) is 0 Å². The van der Waals surface area contributed by atoms with Crippen LogP contribution < -0.4 is 0 Å². The zero-order valence-electron chi connectivity index (χ0n) is 2.13. The Bertz CT molecular complexity index is 7.61. The van der Waals surface area contributed by atoms with Crippen molar-refractivity contribution in [2.45, 2.75) is 0 Å². The van der Waals surface area contributed by atoms with Gasteiger partial charge >= 0.3 is 21.1 Å². The van der Waals surface area contributed by atoms with Crippen LogP contribution in [0.25, 0.3) is 0 Å². The Morgan fingerprint density at radius 3 is 0.600 bits per heavy atom. The maximum atomic E-state index is 0. The summed E-state index contributed by atoms with van der Waals surface area (Å²) in [5, 5.41) is 0. The van der Waals surface area contributed by atoms with Crippen LogP contribution in [0.5, 0.6) is 0 Å². The van der Waals surface area contributed by atoms with Crippen LogP contribution in [0.15, 0.2) is 0 Å². The van der Waals surface area contributed by atoms with Crippen molar-refractivity contribution >= 4 is 21.9 Å². The van der Waals surface area contributed by atoms with Crippen LogP contribution in [0.2, 0.25) is 0 Å². The molecule has 5 heavy (non-hydrogen) atoms. The van der Waals surface area contributed by atoms with Crippen molar-refractivity contribution in [2.24, 2.45) is 0 Å². The summed E-state index contributed by atoms with van der Waals surface area (Å²) in [6.07, 6.45) is 0. The SMILES string of the molecule is [O-2].[O-2].[Pt+4].[Si].[Si]. The fraction of sp³-hybridized carbons (Fsp3) is 0. The van der Waals surface area contributed by atoms with Crippen LogP contribution >= 0.6 is 0 Å². The van der Waals surface area contributed by atoms with Crippen LogP contribution in [-0.4, -0.2) is 21.9 Å². The third kappa shape index (κ3) is 43.0. The summed E-state index contributed by atoms with van der Waals surface area (Å²) in [6, 6.07) is 0. The summed E-state index contributed by atoms with van der Waals surface area (Å²) in [5.74, 6) is 0. The van der Waals surface area contributed by atoms with Crippen LogP contribution in [0.4, 0.5) is 0 Å². The van der Waals surface area contributed by atoms with E-state index in [9.17, 15) is 0 Å². The number of hydrogen-bond donors (Lipinski definition) is 0. The molecule has 0 aromatic rings. The first-order valence-corrected chi connectivity index (χ1v) is 0. The van der Waals surface area contributed by atoms with E-state index in [0.29, 0.717) is 0 Å². The van der Waals surface area contributed by atoms with Gasteiger partial charge < -0.3 is 11.0 Å². The monoisotopic (exact) mass is 283 g/mol. The fourth-order valence-corrected chi connectivity index (χ4v) is 0. The van der Waals surface area contributed by atoms with E-state index in [2.05, 4.69) is 0 Å². The average molecular weight is 283 g/mol. The second kappa shape index (κ2) is 75.9. The molecule has 0 rings (SSSR count).